The molecule has 14 heteroatoms. The van der Waals surface area contributed by atoms with E-state index in [1.54, 1.807) is 52.0 Å². The maximum atomic E-state index is 12.9. The van der Waals surface area contributed by atoms with Gasteiger partial charge in [0.05, 0.1) is 6.42 Å². The van der Waals surface area contributed by atoms with E-state index < -0.39 is 63.7 Å². The molecule has 0 aliphatic carbocycles. The van der Waals surface area contributed by atoms with Crippen molar-refractivity contribution in [1.29, 1.82) is 0 Å². The molecule has 1 aromatic carbocycles. The van der Waals surface area contributed by atoms with Gasteiger partial charge >= 0.3 is 12.1 Å². The lowest BCUT2D eigenvalue weighted by Crippen LogP contribution is -2.73. The zero-order valence-electron chi connectivity index (χ0n) is 20.6. The molecule has 0 radical (unpaired) electrons. The maximum Gasteiger partial charge on any atom is 0.508 e. The molecular formula is C23H29Cl3N2O8S. The van der Waals surface area contributed by atoms with E-state index in [4.69, 9.17) is 49.0 Å². The van der Waals surface area contributed by atoms with Gasteiger partial charge in [-0.2, -0.15) is 0 Å². The number of hydrogen-bond acceptors (Lipinski definition) is 9. The number of aliphatic hydroxyl groups excluding tert-OH is 1. The first-order chi connectivity index (χ1) is 17.1. The highest BCUT2D eigenvalue weighted by Gasteiger charge is 2.53. The number of esters is 1. The average Bonchev–Trinajstić information content (AvgIpc) is 2.77. The molecule has 2 N–H and O–H groups in total. The number of thioether (sulfide) groups is 1. The molecule has 10 nitrogen and oxygen atoms in total. The third kappa shape index (κ3) is 10.4. The molecule has 0 saturated carbocycles. The van der Waals surface area contributed by atoms with Crippen LogP contribution in [-0.4, -0.2) is 79.4 Å². The number of nitrogens with one attached hydrogen (secondary N) is 1. The summed E-state index contributed by atoms with van der Waals surface area (Å²) in [6.07, 6.45) is -3.66. The first-order valence-electron chi connectivity index (χ1n) is 11.2. The Morgan fingerprint density at radius 2 is 1.78 bits per heavy atom. The molecule has 4 atom stereocenters. The molecule has 0 spiro atoms. The molecule has 2 amide bonds. The fourth-order valence-corrected chi connectivity index (χ4v) is 4.59. The fourth-order valence-electron chi connectivity index (χ4n) is 3.14. The number of benzene rings is 1. The van der Waals surface area contributed by atoms with Crippen molar-refractivity contribution in [1.82, 2.24) is 10.2 Å². The number of carbonyl (C=O) groups is 4. The number of ether oxygens (including phenoxy) is 3. The molecule has 0 bridgehead atoms. The van der Waals surface area contributed by atoms with Crippen LogP contribution < -0.4 is 5.32 Å². The SMILES string of the molecule is CC(CS[C@H]1[C@@H](NC(=O)Cc2ccccc2)C(=O)N1C(O)C(=O)OC(C)(C)C)OC(=O)OCC(Cl)(Cl)Cl. The van der Waals surface area contributed by atoms with Crippen LogP contribution in [0.4, 0.5) is 4.79 Å². The van der Waals surface area contributed by atoms with Gasteiger partial charge < -0.3 is 24.6 Å². The Morgan fingerprint density at radius 3 is 2.35 bits per heavy atom. The Bertz CT molecular complexity index is 971. The van der Waals surface area contributed by atoms with Crippen LogP contribution >= 0.6 is 46.6 Å². The first-order valence-corrected chi connectivity index (χ1v) is 13.3. The Hall–Kier alpha value is -1.92. The van der Waals surface area contributed by atoms with Crippen molar-refractivity contribution in [3.63, 3.8) is 0 Å². The van der Waals surface area contributed by atoms with Gasteiger partial charge in [0, 0.05) is 5.75 Å². The second-order valence-corrected chi connectivity index (χ2v) is 12.8. The zero-order valence-corrected chi connectivity index (χ0v) is 23.7. The lowest BCUT2D eigenvalue weighted by molar-refractivity contribution is -0.189. The maximum absolute atomic E-state index is 12.9. The topological polar surface area (TPSA) is 131 Å². The summed E-state index contributed by atoms with van der Waals surface area (Å²) < 4.78 is 13.2. The summed E-state index contributed by atoms with van der Waals surface area (Å²) in [6.45, 7) is 5.90. The number of likely N-dealkylation sites (tertiary alicyclic amines) is 1. The lowest BCUT2D eigenvalue weighted by Gasteiger charge is -2.48. The van der Waals surface area contributed by atoms with E-state index in [9.17, 15) is 24.3 Å². The summed E-state index contributed by atoms with van der Waals surface area (Å²) in [7, 11) is 0. The van der Waals surface area contributed by atoms with E-state index in [1.165, 1.54) is 0 Å². The van der Waals surface area contributed by atoms with Gasteiger partial charge in [0.15, 0.2) is 0 Å². The molecule has 1 fully saturated rings. The smallest absolute Gasteiger partial charge is 0.457 e. The van der Waals surface area contributed by atoms with Gasteiger partial charge in [-0.05, 0) is 33.3 Å². The Morgan fingerprint density at radius 1 is 1.16 bits per heavy atom. The molecule has 2 unspecified atom stereocenters. The number of halogens is 3. The largest absolute Gasteiger partial charge is 0.508 e. The third-order valence-corrected chi connectivity index (χ3v) is 6.47. The number of hydrogen-bond donors (Lipinski definition) is 2. The Balaban J connectivity index is 2.05. The summed E-state index contributed by atoms with van der Waals surface area (Å²) in [6, 6.07) is 7.90. The zero-order chi connectivity index (χ0) is 28.0. The van der Waals surface area contributed by atoms with E-state index in [0.29, 0.717) is 0 Å². The molecule has 1 saturated heterocycles. The summed E-state index contributed by atoms with van der Waals surface area (Å²) in [5.74, 6) is -1.97. The number of nitrogens with zero attached hydrogens (tertiary/aromatic N) is 1. The molecule has 1 aliphatic rings. The minimum absolute atomic E-state index is 0.0329. The van der Waals surface area contributed by atoms with Crippen LogP contribution in [0.3, 0.4) is 0 Å². The van der Waals surface area contributed by atoms with E-state index in [0.717, 1.165) is 22.2 Å². The van der Waals surface area contributed by atoms with Gasteiger partial charge in [-0.15, -0.1) is 11.8 Å². The minimum atomic E-state index is -1.89. The number of rotatable bonds is 10. The van der Waals surface area contributed by atoms with Gasteiger partial charge in [-0.1, -0.05) is 65.1 Å². The van der Waals surface area contributed by atoms with Crippen LogP contribution in [0.1, 0.15) is 33.3 Å². The predicted octanol–water partition coefficient (Wildman–Crippen LogP) is 3.19. The monoisotopic (exact) mass is 598 g/mol. The van der Waals surface area contributed by atoms with Crippen molar-refractivity contribution < 1.29 is 38.5 Å². The summed E-state index contributed by atoms with van der Waals surface area (Å²) >= 11 is 17.7. The number of alkyl halides is 3. The predicted molar refractivity (Wildman–Crippen MR) is 139 cm³/mol. The van der Waals surface area contributed by atoms with Gasteiger partial charge in [0.1, 0.15) is 29.7 Å². The number of amides is 2. The Kier molecular flexibility index (Phi) is 11.2. The molecule has 1 heterocycles. The molecule has 0 aromatic heterocycles. The summed E-state index contributed by atoms with van der Waals surface area (Å²) in [4.78, 5) is 50.6. The van der Waals surface area contributed by atoms with Gasteiger partial charge in [-0.25, -0.2) is 9.59 Å². The van der Waals surface area contributed by atoms with Crippen LogP contribution in [0.15, 0.2) is 30.3 Å². The van der Waals surface area contributed by atoms with Crippen molar-refractivity contribution in [2.45, 2.75) is 67.3 Å². The average molecular weight is 600 g/mol. The van der Waals surface area contributed by atoms with Crippen molar-refractivity contribution in [3.05, 3.63) is 35.9 Å². The first kappa shape index (κ1) is 31.3. The standard InChI is InChI=1S/C23H29Cl3N2O8S/c1-13(35-21(33)34-12-23(24,25)26)11-37-19-16(27-15(29)10-14-8-6-5-7-9-14)17(30)28(19)18(31)20(32)36-22(2,3)4/h5-9,13,16,18-19,31H,10-12H2,1-4H3,(H,27,29)/t13?,16-,18?,19-/m0/s1. The van der Waals surface area contributed by atoms with Crippen molar-refractivity contribution >= 4 is 70.5 Å². The van der Waals surface area contributed by atoms with Crippen molar-refractivity contribution in [2.75, 3.05) is 12.4 Å². The van der Waals surface area contributed by atoms with Crippen LogP contribution in [0.5, 0.6) is 0 Å². The van der Waals surface area contributed by atoms with Crippen LogP contribution in [0.2, 0.25) is 0 Å². The van der Waals surface area contributed by atoms with Gasteiger partial charge in [0.2, 0.25) is 15.9 Å². The third-order valence-electron chi connectivity index (χ3n) is 4.64. The van der Waals surface area contributed by atoms with E-state index >= 15 is 0 Å². The second kappa shape index (κ2) is 13.2. The lowest BCUT2D eigenvalue weighted by atomic mass is 10.1. The van der Waals surface area contributed by atoms with Crippen molar-refractivity contribution in [3.8, 4) is 0 Å². The molecule has 37 heavy (non-hydrogen) atoms. The number of β-lactam (4-membered cyclic amide) rings is 1. The van der Waals surface area contributed by atoms with Crippen LogP contribution in [0, 0.1) is 0 Å². The fraction of sp³-hybridized carbons (Fsp3) is 0.565. The van der Waals surface area contributed by atoms with Crippen LogP contribution in [0.25, 0.3) is 0 Å². The summed E-state index contributed by atoms with van der Waals surface area (Å²) in [5, 5.41) is 12.3. The Labute approximate surface area is 234 Å². The second-order valence-electron chi connectivity index (χ2n) is 9.17. The quantitative estimate of drug-likeness (QED) is 0.236. The van der Waals surface area contributed by atoms with E-state index in [2.05, 4.69) is 5.32 Å². The molecule has 2 rings (SSSR count). The van der Waals surface area contributed by atoms with E-state index in [1.807, 2.05) is 6.07 Å². The molecule has 1 aromatic rings. The molecule has 1 aliphatic heterocycles. The number of carbonyl (C=O) groups excluding carboxylic acids is 4. The van der Waals surface area contributed by atoms with Crippen LogP contribution in [-0.2, 0) is 35.0 Å². The van der Waals surface area contributed by atoms with Gasteiger partial charge in [0.25, 0.3) is 5.91 Å². The molecular weight excluding hydrogens is 571 g/mol. The van der Waals surface area contributed by atoms with E-state index in [-0.39, 0.29) is 12.2 Å². The normalized spacial score (nSPS) is 19.4. The molecule has 206 valence electrons. The van der Waals surface area contributed by atoms with Crippen molar-refractivity contribution in [2.24, 2.45) is 0 Å². The highest BCUT2D eigenvalue weighted by molar-refractivity contribution is 8.00. The van der Waals surface area contributed by atoms with Gasteiger partial charge in [-0.3, -0.25) is 14.5 Å². The highest BCUT2D eigenvalue weighted by Crippen LogP contribution is 2.33. The summed E-state index contributed by atoms with van der Waals surface area (Å²) in [5.41, 5.74) is -0.148. The highest BCUT2D eigenvalue weighted by atomic mass is 35.6. The minimum Gasteiger partial charge on any atom is -0.457 e. The number of aliphatic hydroxyl groups is 1.